The van der Waals surface area contributed by atoms with Gasteiger partial charge in [0, 0.05) is 0 Å². The first-order chi connectivity index (χ1) is 11.2. The van der Waals surface area contributed by atoms with E-state index in [2.05, 4.69) is 12.2 Å². The van der Waals surface area contributed by atoms with Crippen LogP contribution in [0, 0.1) is 5.92 Å². The SMILES string of the molecule is C[C@@H]1CNCC[C@]1(C(=O)OCc1ccccc1)c1ccccc1.Cl. The van der Waals surface area contributed by atoms with E-state index in [1.54, 1.807) is 0 Å². The van der Waals surface area contributed by atoms with Crippen LogP contribution in [0.2, 0.25) is 0 Å². The Balaban J connectivity index is 0.00000208. The van der Waals surface area contributed by atoms with Gasteiger partial charge in [0.1, 0.15) is 6.61 Å². The molecule has 0 bridgehead atoms. The zero-order chi connectivity index (χ0) is 16.1. The van der Waals surface area contributed by atoms with Crippen LogP contribution in [-0.4, -0.2) is 19.1 Å². The van der Waals surface area contributed by atoms with Crippen molar-refractivity contribution >= 4 is 18.4 Å². The van der Waals surface area contributed by atoms with Gasteiger partial charge >= 0.3 is 5.97 Å². The van der Waals surface area contributed by atoms with Crippen molar-refractivity contribution in [3.8, 4) is 0 Å². The summed E-state index contributed by atoms with van der Waals surface area (Å²) >= 11 is 0. The molecule has 0 unspecified atom stereocenters. The molecule has 0 aliphatic carbocycles. The molecule has 2 atom stereocenters. The van der Waals surface area contributed by atoms with E-state index < -0.39 is 5.41 Å². The second-order valence-electron chi connectivity index (χ2n) is 6.25. The highest BCUT2D eigenvalue weighted by Gasteiger charge is 2.47. The molecule has 128 valence electrons. The number of benzene rings is 2. The van der Waals surface area contributed by atoms with Gasteiger partial charge in [-0.1, -0.05) is 67.6 Å². The van der Waals surface area contributed by atoms with E-state index in [0.717, 1.165) is 30.6 Å². The lowest BCUT2D eigenvalue weighted by Crippen LogP contribution is -2.52. The summed E-state index contributed by atoms with van der Waals surface area (Å²) in [5.74, 6) is 0.0866. The molecular formula is C20H24ClNO2. The topological polar surface area (TPSA) is 38.3 Å². The smallest absolute Gasteiger partial charge is 0.317 e. The van der Waals surface area contributed by atoms with Gasteiger partial charge in [-0.25, -0.2) is 0 Å². The summed E-state index contributed by atoms with van der Waals surface area (Å²) in [6, 6.07) is 19.9. The summed E-state index contributed by atoms with van der Waals surface area (Å²) in [7, 11) is 0. The van der Waals surface area contributed by atoms with Crippen molar-refractivity contribution in [1.82, 2.24) is 5.32 Å². The summed E-state index contributed by atoms with van der Waals surface area (Å²) in [5, 5.41) is 3.38. The summed E-state index contributed by atoms with van der Waals surface area (Å²) < 4.78 is 5.73. The van der Waals surface area contributed by atoms with Crippen molar-refractivity contribution in [3.63, 3.8) is 0 Å². The quantitative estimate of drug-likeness (QED) is 0.858. The van der Waals surface area contributed by atoms with Crippen LogP contribution >= 0.6 is 12.4 Å². The highest BCUT2D eigenvalue weighted by atomic mass is 35.5. The minimum absolute atomic E-state index is 0. The van der Waals surface area contributed by atoms with Gasteiger partial charge in [-0.15, -0.1) is 12.4 Å². The number of halogens is 1. The summed E-state index contributed by atoms with van der Waals surface area (Å²) in [6.07, 6.45) is 0.770. The van der Waals surface area contributed by atoms with E-state index in [4.69, 9.17) is 4.74 Å². The van der Waals surface area contributed by atoms with E-state index >= 15 is 0 Å². The third kappa shape index (κ3) is 3.63. The molecule has 0 spiro atoms. The molecule has 1 saturated heterocycles. The van der Waals surface area contributed by atoms with E-state index in [1.165, 1.54) is 0 Å². The highest BCUT2D eigenvalue weighted by Crippen LogP contribution is 2.39. The number of hydrogen-bond acceptors (Lipinski definition) is 3. The molecule has 3 rings (SSSR count). The zero-order valence-corrected chi connectivity index (χ0v) is 14.7. The van der Waals surface area contributed by atoms with E-state index in [0.29, 0.717) is 6.61 Å². The van der Waals surface area contributed by atoms with Crippen LogP contribution in [0.3, 0.4) is 0 Å². The van der Waals surface area contributed by atoms with Crippen molar-refractivity contribution in [1.29, 1.82) is 0 Å². The fourth-order valence-corrected chi connectivity index (χ4v) is 3.46. The number of rotatable bonds is 4. The Morgan fingerprint density at radius 2 is 1.75 bits per heavy atom. The van der Waals surface area contributed by atoms with Crippen LogP contribution in [0.5, 0.6) is 0 Å². The minimum atomic E-state index is -0.554. The minimum Gasteiger partial charge on any atom is -0.460 e. The molecule has 2 aromatic rings. The Kier molecular flexibility index (Phi) is 6.41. The van der Waals surface area contributed by atoms with Crippen molar-refractivity contribution in [3.05, 3.63) is 71.8 Å². The molecule has 3 nitrogen and oxygen atoms in total. The van der Waals surface area contributed by atoms with E-state index in [9.17, 15) is 4.79 Å². The van der Waals surface area contributed by atoms with Gasteiger partial charge in [0.15, 0.2) is 0 Å². The first kappa shape index (κ1) is 18.5. The lowest BCUT2D eigenvalue weighted by atomic mass is 9.67. The molecule has 0 saturated carbocycles. The van der Waals surface area contributed by atoms with Gasteiger partial charge < -0.3 is 10.1 Å². The van der Waals surface area contributed by atoms with Gasteiger partial charge in [0.2, 0.25) is 0 Å². The number of esters is 1. The number of hydrogen-bond donors (Lipinski definition) is 1. The number of carbonyl (C=O) groups is 1. The number of carbonyl (C=O) groups excluding carboxylic acids is 1. The second kappa shape index (κ2) is 8.32. The predicted octanol–water partition coefficient (Wildman–Crippen LogP) is 3.72. The van der Waals surface area contributed by atoms with Gasteiger partial charge in [-0.05, 0) is 36.6 Å². The summed E-state index contributed by atoms with van der Waals surface area (Å²) in [5.41, 5.74) is 1.53. The van der Waals surface area contributed by atoms with Gasteiger partial charge in [-0.2, -0.15) is 0 Å². The molecule has 0 amide bonds. The molecule has 1 aliphatic heterocycles. The largest absolute Gasteiger partial charge is 0.460 e. The Labute approximate surface area is 149 Å². The standard InChI is InChI=1S/C20H23NO2.ClH/c1-16-14-21-13-12-20(16,18-10-6-3-7-11-18)19(22)23-15-17-8-4-2-5-9-17;/h2-11,16,21H,12-15H2,1H3;1H/t16-,20-;/m1./s1. The van der Waals surface area contributed by atoms with Crippen LogP contribution in [0.15, 0.2) is 60.7 Å². The molecule has 4 heteroatoms. The maximum absolute atomic E-state index is 13.1. The van der Waals surface area contributed by atoms with Crippen LogP contribution < -0.4 is 5.32 Å². The van der Waals surface area contributed by atoms with E-state index in [-0.39, 0.29) is 24.3 Å². The maximum atomic E-state index is 13.1. The normalized spacial score (nSPS) is 23.1. The average Bonchev–Trinajstić information content (AvgIpc) is 2.62. The summed E-state index contributed by atoms with van der Waals surface area (Å²) in [4.78, 5) is 13.1. The molecule has 1 fully saturated rings. The predicted molar refractivity (Wildman–Crippen MR) is 98.3 cm³/mol. The van der Waals surface area contributed by atoms with Crippen LogP contribution in [0.25, 0.3) is 0 Å². The van der Waals surface area contributed by atoms with Gasteiger partial charge in [0.25, 0.3) is 0 Å². The van der Waals surface area contributed by atoms with Crippen molar-refractivity contribution < 1.29 is 9.53 Å². The van der Waals surface area contributed by atoms with Crippen LogP contribution in [-0.2, 0) is 21.6 Å². The van der Waals surface area contributed by atoms with Crippen molar-refractivity contribution in [2.75, 3.05) is 13.1 Å². The fourth-order valence-electron chi connectivity index (χ4n) is 3.46. The number of nitrogens with one attached hydrogen (secondary N) is 1. The Morgan fingerprint density at radius 3 is 2.38 bits per heavy atom. The van der Waals surface area contributed by atoms with E-state index in [1.807, 2.05) is 60.7 Å². The highest BCUT2D eigenvalue weighted by molar-refractivity contribution is 5.85. The molecule has 2 aromatic carbocycles. The molecule has 1 N–H and O–H groups in total. The van der Waals surface area contributed by atoms with Crippen LogP contribution in [0.4, 0.5) is 0 Å². The molecule has 0 radical (unpaired) electrons. The Bertz CT molecular complexity index is 647. The third-order valence-electron chi connectivity index (χ3n) is 4.85. The Hall–Kier alpha value is -1.84. The Morgan fingerprint density at radius 1 is 1.12 bits per heavy atom. The van der Waals surface area contributed by atoms with Crippen molar-refractivity contribution in [2.24, 2.45) is 5.92 Å². The van der Waals surface area contributed by atoms with Crippen LogP contribution in [0.1, 0.15) is 24.5 Å². The number of ether oxygens (including phenoxy) is 1. The molecule has 24 heavy (non-hydrogen) atoms. The van der Waals surface area contributed by atoms with Crippen molar-refractivity contribution in [2.45, 2.75) is 25.4 Å². The second-order valence-corrected chi connectivity index (χ2v) is 6.25. The first-order valence-corrected chi connectivity index (χ1v) is 8.21. The van der Waals surface area contributed by atoms with Gasteiger partial charge in [0.05, 0.1) is 5.41 Å². The first-order valence-electron chi connectivity index (χ1n) is 8.21. The molecule has 0 aromatic heterocycles. The maximum Gasteiger partial charge on any atom is 0.317 e. The average molecular weight is 346 g/mol. The molecular weight excluding hydrogens is 322 g/mol. The summed E-state index contributed by atoms with van der Waals surface area (Å²) in [6.45, 7) is 4.12. The van der Waals surface area contributed by atoms with Gasteiger partial charge in [-0.3, -0.25) is 4.79 Å². The molecule has 1 aliphatic rings. The lowest BCUT2D eigenvalue weighted by Gasteiger charge is -2.41. The number of piperidine rings is 1. The third-order valence-corrected chi connectivity index (χ3v) is 4.85. The lowest BCUT2D eigenvalue weighted by molar-refractivity contribution is -0.155. The fraction of sp³-hybridized carbons (Fsp3) is 0.350. The molecule has 1 heterocycles. The zero-order valence-electron chi connectivity index (χ0n) is 13.9. The monoisotopic (exact) mass is 345 g/mol.